The van der Waals surface area contributed by atoms with Crippen LogP contribution in [0.25, 0.3) is 0 Å². The second-order valence-electron chi connectivity index (χ2n) is 5.89. The van der Waals surface area contributed by atoms with Gasteiger partial charge in [0.2, 0.25) is 5.91 Å². The molecule has 0 bridgehead atoms. The van der Waals surface area contributed by atoms with Crippen molar-refractivity contribution in [1.82, 2.24) is 10.2 Å². The number of rotatable bonds is 6. The molecule has 0 heterocycles. The molecule has 0 aromatic heterocycles. The summed E-state index contributed by atoms with van der Waals surface area (Å²) in [7, 11) is 2.00. The summed E-state index contributed by atoms with van der Waals surface area (Å²) in [6, 6.07) is 0.635. The molecule has 1 unspecified atom stereocenters. The number of hydrogen-bond donors (Lipinski definition) is 2. The van der Waals surface area contributed by atoms with Gasteiger partial charge in [-0.05, 0) is 38.6 Å². The van der Waals surface area contributed by atoms with E-state index in [0.717, 1.165) is 19.4 Å². The Morgan fingerprint density at radius 1 is 1.41 bits per heavy atom. The van der Waals surface area contributed by atoms with Crippen LogP contribution in [0.4, 0.5) is 0 Å². The second kappa shape index (κ2) is 6.36. The Balaban J connectivity index is 2.17. The maximum Gasteiger partial charge on any atom is 0.234 e. The highest BCUT2D eigenvalue weighted by Crippen LogP contribution is 2.25. The molecule has 1 atom stereocenters. The fourth-order valence-corrected chi connectivity index (χ4v) is 2.15. The molecular formula is C13H27N3O. The molecule has 17 heavy (non-hydrogen) atoms. The van der Waals surface area contributed by atoms with E-state index in [1.54, 1.807) is 0 Å². The zero-order chi connectivity index (χ0) is 13.0. The Morgan fingerprint density at radius 2 is 2.00 bits per heavy atom. The summed E-state index contributed by atoms with van der Waals surface area (Å²) in [4.78, 5) is 13.8. The SMILES string of the molecule is CC(C)C(C)NC(=O)CN(C)CC1CC(N)C1. The molecule has 1 aliphatic carbocycles. The van der Waals surface area contributed by atoms with Gasteiger partial charge < -0.3 is 11.1 Å². The molecule has 1 aliphatic rings. The summed E-state index contributed by atoms with van der Waals surface area (Å²) in [5.74, 6) is 1.29. The molecule has 1 saturated carbocycles. The smallest absolute Gasteiger partial charge is 0.234 e. The van der Waals surface area contributed by atoms with Crippen LogP contribution < -0.4 is 11.1 Å². The van der Waals surface area contributed by atoms with Gasteiger partial charge in [-0.3, -0.25) is 9.69 Å². The van der Waals surface area contributed by atoms with Crippen molar-refractivity contribution in [3.05, 3.63) is 0 Å². The van der Waals surface area contributed by atoms with E-state index in [-0.39, 0.29) is 11.9 Å². The van der Waals surface area contributed by atoms with Gasteiger partial charge in [0.05, 0.1) is 6.54 Å². The third-order valence-corrected chi connectivity index (χ3v) is 3.64. The maximum atomic E-state index is 11.7. The highest BCUT2D eigenvalue weighted by Gasteiger charge is 2.27. The Morgan fingerprint density at radius 3 is 2.47 bits per heavy atom. The number of carbonyl (C=O) groups is 1. The molecule has 1 fully saturated rings. The van der Waals surface area contributed by atoms with Crippen LogP contribution in [0.1, 0.15) is 33.6 Å². The van der Waals surface area contributed by atoms with Crippen molar-refractivity contribution >= 4 is 5.91 Å². The summed E-state index contributed by atoms with van der Waals surface area (Å²) in [5.41, 5.74) is 5.75. The van der Waals surface area contributed by atoms with Gasteiger partial charge in [0.25, 0.3) is 0 Å². The van der Waals surface area contributed by atoms with E-state index in [1.807, 2.05) is 14.0 Å². The predicted molar refractivity (Wildman–Crippen MR) is 70.6 cm³/mol. The first kappa shape index (κ1) is 14.5. The molecule has 4 heteroatoms. The average molecular weight is 241 g/mol. The third-order valence-electron chi connectivity index (χ3n) is 3.64. The molecule has 0 aliphatic heterocycles. The van der Waals surface area contributed by atoms with E-state index in [4.69, 9.17) is 5.73 Å². The zero-order valence-corrected chi connectivity index (χ0v) is 11.6. The lowest BCUT2D eigenvalue weighted by Crippen LogP contribution is -2.46. The van der Waals surface area contributed by atoms with Crippen LogP contribution in [0.3, 0.4) is 0 Å². The Bertz CT molecular complexity index is 249. The summed E-state index contributed by atoms with van der Waals surface area (Å²) in [5, 5.41) is 3.02. The molecule has 4 nitrogen and oxygen atoms in total. The number of nitrogens with one attached hydrogen (secondary N) is 1. The second-order valence-corrected chi connectivity index (χ2v) is 5.89. The lowest BCUT2D eigenvalue weighted by atomic mass is 9.80. The Kier molecular flexibility index (Phi) is 5.40. The Hall–Kier alpha value is -0.610. The van der Waals surface area contributed by atoms with Gasteiger partial charge in [-0.15, -0.1) is 0 Å². The van der Waals surface area contributed by atoms with E-state index in [9.17, 15) is 4.79 Å². The number of likely N-dealkylation sites (N-methyl/N-ethyl adjacent to an activating group) is 1. The monoisotopic (exact) mass is 241 g/mol. The molecule has 1 amide bonds. The van der Waals surface area contributed by atoms with Crippen LogP contribution >= 0.6 is 0 Å². The summed E-state index contributed by atoms with van der Waals surface area (Å²) < 4.78 is 0. The molecular weight excluding hydrogens is 214 g/mol. The van der Waals surface area contributed by atoms with E-state index >= 15 is 0 Å². The van der Waals surface area contributed by atoms with Gasteiger partial charge in [-0.25, -0.2) is 0 Å². The molecule has 3 N–H and O–H groups in total. The molecule has 0 saturated heterocycles. The summed E-state index contributed by atoms with van der Waals surface area (Å²) in [6.45, 7) is 7.75. The van der Waals surface area contributed by atoms with Gasteiger partial charge >= 0.3 is 0 Å². The maximum absolute atomic E-state index is 11.7. The van der Waals surface area contributed by atoms with E-state index < -0.39 is 0 Å². The van der Waals surface area contributed by atoms with Gasteiger partial charge in [0, 0.05) is 18.6 Å². The van der Waals surface area contributed by atoms with Crippen LogP contribution in [0.15, 0.2) is 0 Å². The standard InChI is InChI=1S/C13H27N3O/c1-9(2)10(3)15-13(17)8-16(4)7-11-5-12(14)6-11/h9-12H,5-8,14H2,1-4H3,(H,15,17). The average Bonchev–Trinajstić information content (AvgIpc) is 2.14. The van der Waals surface area contributed by atoms with Crippen LogP contribution in [0, 0.1) is 11.8 Å². The molecule has 1 rings (SSSR count). The van der Waals surface area contributed by atoms with Crippen molar-refractivity contribution in [3.63, 3.8) is 0 Å². The molecule has 0 spiro atoms. The summed E-state index contributed by atoms with van der Waals surface area (Å²) in [6.07, 6.45) is 2.21. The van der Waals surface area contributed by atoms with E-state index in [0.29, 0.717) is 24.4 Å². The third kappa shape index (κ3) is 5.04. The highest BCUT2D eigenvalue weighted by molar-refractivity contribution is 5.78. The largest absolute Gasteiger partial charge is 0.352 e. The fraction of sp³-hybridized carbons (Fsp3) is 0.923. The van der Waals surface area contributed by atoms with Crippen molar-refractivity contribution in [2.24, 2.45) is 17.6 Å². The van der Waals surface area contributed by atoms with E-state index in [2.05, 4.69) is 24.1 Å². The molecule has 100 valence electrons. The number of nitrogens with zero attached hydrogens (tertiary/aromatic N) is 1. The van der Waals surface area contributed by atoms with Crippen LogP contribution in [0.5, 0.6) is 0 Å². The van der Waals surface area contributed by atoms with Crippen molar-refractivity contribution in [2.45, 2.75) is 45.7 Å². The van der Waals surface area contributed by atoms with Crippen molar-refractivity contribution in [2.75, 3.05) is 20.1 Å². The number of hydrogen-bond acceptors (Lipinski definition) is 3. The van der Waals surface area contributed by atoms with Gasteiger partial charge in [-0.1, -0.05) is 13.8 Å². The van der Waals surface area contributed by atoms with Crippen molar-refractivity contribution in [3.8, 4) is 0 Å². The zero-order valence-electron chi connectivity index (χ0n) is 11.6. The topological polar surface area (TPSA) is 58.4 Å². The lowest BCUT2D eigenvalue weighted by molar-refractivity contribution is -0.123. The minimum absolute atomic E-state index is 0.123. The fourth-order valence-electron chi connectivity index (χ4n) is 2.15. The first-order chi connectivity index (χ1) is 7.88. The van der Waals surface area contributed by atoms with Crippen molar-refractivity contribution in [1.29, 1.82) is 0 Å². The van der Waals surface area contributed by atoms with Gasteiger partial charge in [0.1, 0.15) is 0 Å². The van der Waals surface area contributed by atoms with Crippen molar-refractivity contribution < 1.29 is 4.79 Å². The van der Waals surface area contributed by atoms with Gasteiger partial charge in [-0.2, -0.15) is 0 Å². The normalized spacial score (nSPS) is 25.8. The first-order valence-electron chi connectivity index (χ1n) is 6.62. The number of nitrogens with two attached hydrogens (primary N) is 1. The van der Waals surface area contributed by atoms with Gasteiger partial charge in [0.15, 0.2) is 0 Å². The lowest BCUT2D eigenvalue weighted by Gasteiger charge is -2.35. The first-order valence-corrected chi connectivity index (χ1v) is 6.62. The molecule has 0 aromatic rings. The number of carbonyl (C=O) groups excluding carboxylic acids is 1. The van der Waals surface area contributed by atoms with Crippen LogP contribution in [0.2, 0.25) is 0 Å². The Labute approximate surface area is 105 Å². The quantitative estimate of drug-likeness (QED) is 0.724. The number of amides is 1. The summed E-state index contributed by atoms with van der Waals surface area (Å²) >= 11 is 0. The van der Waals surface area contributed by atoms with Crippen LogP contribution in [-0.4, -0.2) is 43.0 Å². The predicted octanol–water partition coefficient (Wildman–Crippen LogP) is 0.816. The minimum atomic E-state index is 0.123. The van der Waals surface area contributed by atoms with Crippen LogP contribution in [-0.2, 0) is 4.79 Å². The molecule has 0 aromatic carbocycles. The van der Waals surface area contributed by atoms with E-state index in [1.165, 1.54) is 0 Å². The molecule has 0 radical (unpaired) electrons. The minimum Gasteiger partial charge on any atom is -0.352 e. The highest BCUT2D eigenvalue weighted by atomic mass is 16.2.